The Labute approximate surface area is 153 Å². The van der Waals surface area contributed by atoms with E-state index < -0.39 is 0 Å². The Morgan fingerprint density at radius 2 is 1.92 bits per heavy atom. The minimum absolute atomic E-state index is 0.0231. The van der Waals surface area contributed by atoms with Crippen molar-refractivity contribution >= 4 is 5.91 Å². The zero-order valence-electron chi connectivity index (χ0n) is 15.6. The minimum atomic E-state index is 0.0231. The molecule has 0 saturated carbocycles. The molecule has 0 bridgehead atoms. The summed E-state index contributed by atoms with van der Waals surface area (Å²) >= 11 is 0. The number of nitrogens with one attached hydrogen (secondary N) is 1. The molecule has 2 aromatic rings. The van der Waals surface area contributed by atoms with Crippen LogP contribution in [0.25, 0.3) is 11.6 Å². The topological polar surface area (TPSA) is 97.0 Å². The summed E-state index contributed by atoms with van der Waals surface area (Å²) in [5, 5.41) is 6.98. The van der Waals surface area contributed by atoms with Crippen LogP contribution in [0, 0.1) is 0 Å². The van der Waals surface area contributed by atoms with Crippen LogP contribution >= 0.6 is 0 Å². The lowest BCUT2D eigenvalue weighted by atomic mass is 9.98. The second kappa shape index (κ2) is 7.90. The van der Waals surface area contributed by atoms with Crippen LogP contribution in [-0.4, -0.2) is 55.6 Å². The summed E-state index contributed by atoms with van der Waals surface area (Å²) in [6, 6.07) is 1.97. The number of hydrogen-bond donors (Lipinski definition) is 1. The molecular weight excluding hydrogens is 332 g/mol. The number of piperidine rings is 1. The molecule has 0 atom stereocenters. The van der Waals surface area contributed by atoms with Crippen LogP contribution in [0.3, 0.4) is 0 Å². The summed E-state index contributed by atoms with van der Waals surface area (Å²) in [6.07, 6.45) is 5.95. The number of aromatic nitrogens is 4. The van der Waals surface area contributed by atoms with Gasteiger partial charge in [0, 0.05) is 49.9 Å². The fraction of sp³-hybridized carbons (Fsp3) is 0.611. The summed E-state index contributed by atoms with van der Waals surface area (Å²) in [4.78, 5) is 27.1. The van der Waals surface area contributed by atoms with Gasteiger partial charge in [-0.1, -0.05) is 5.16 Å². The Bertz CT molecular complexity index is 717. The van der Waals surface area contributed by atoms with Crippen LogP contribution in [-0.2, 0) is 11.2 Å². The molecule has 1 aliphatic rings. The predicted octanol–water partition coefficient (Wildman–Crippen LogP) is 1.84. The molecule has 0 radical (unpaired) electrons. The molecule has 0 unspecified atom stereocenters. The standard InChI is InChI=1S/C18H26N6O2/c1-18(2,3)24-11-7-13(8-12-24)21-14(25)5-6-15-22-17(23-26-15)16-19-9-4-10-20-16/h4,9-10,13H,5-8,11-12H2,1-3H3,(H,21,25). The average molecular weight is 358 g/mol. The van der Waals surface area contributed by atoms with Gasteiger partial charge in [-0.25, -0.2) is 9.97 Å². The van der Waals surface area contributed by atoms with Gasteiger partial charge in [-0.3, -0.25) is 9.69 Å². The van der Waals surface area contributed by atoms with E-state index in [1.165, 1.54) is 0 Å². The van der Waals surface area contributed by atoms with Crippen molar-refractivity contribution in [1.82, 2.24) is 30.3 Å². The Hall–Kier alpha value is -2.35. The second-order valence-electron chi connectivity index (χ2n) is 7.58. The first-order valence-electron chi connectivity index (χ1n) is 9.06. The summed E-state index contributed by atoms with van der Waals surface area (Å²) in [7, 11) is 0. The second-order valence-corrected chi connectivity index (χ2v) is 7.58. The maximum atomic E-state index is 12.2. The molecule has 26 heavy (non-hydrogen) atoms. The molecule has 8 nitrogen and oxygen atoms in total. The van der Waals surface area contributed by atoms with E-state index in [0.29, 0.717) is 30.4 Å². The number of amides is 1. The fourth-order valence-electron chi connectivity index (χ4n) is 3.08. The van der Waals surface area contributed by atoms with Gasteiger partial charge in [-0.2, -0.15) is 4.98 Å². The third-order valence-electron chi connectivity index (χ3n) is 4.61. The van der Waals surface area contributed by atoms with Crippen molar-refractivity contribution in [2.75, 3.05) is 13.1 Å². The summed E-state index contributed by atoms with van der Waals surface area (Å²) < 4.78 is 5.18. The van der Waals surface area contributed by atoms with E-state index in [0.717, 1.165) is 25.9 Å². The molecule has 0 aliphatic carbocycles. The van der Waals surface area contributed by atoms with Crippen LogP contribution in [0.4, 0.5) is 0 Å². The highest BCUT2D eigenvalue weighted by Crippen LogP contribution is 2.20. The number of nitrogens with zero attached hydrogens (tertiary/aromatic N) is 5. The number of carbonyl (C=O) groups is 1. The molecule has 0 aromatic carbocycles. The first-order valence-corrected chi connectivity index (χ1v) is 9.06. The Morgan fingerprint density at radius 1 is 1.23 bits per heavy atom. The Kier molecular flexibility index (Phi) is 5.61. The van der Waals surface area contributed by atoms with Gasteiger partial charge in [0.15, 0.2) is 0 Å². The van der Waals surface area contributed by atoms with Crippen molar-refractivity contribution < 1.29 is 9.32 Å². The smallest absolute Gasteiger partial charge is 0.240 e. The molecule has 8 heteroatoms. The van der Waals surface area contributed by atoms with Crippen molar-refractivity contribution in [3.63, 3.8) is 0 Å². The van der Waals surface area contributed by atoms with Crippen LogP contribution in [0.2, 0.25) is 0 Å². The molecule has 3 heterocycles. The lowest BCUT2D eigenvalue weighted by molar-refractivity contribution is -0.122. The van der Waals surface area contributed by atoms with Gasteiger partial charge >= 0.3 is 0 Å². The zero-order valence-corrected chi connectivity index (χ0v) is 15.6. The van der Waals surface area contributed by atoms with Crippen molar-refractivity contribution in [3.8, 4) is 11.6 Å². The first kappa shape index (κ1) is 18.4. The maximum Gasteiger partial charge on any atom is 0.240 e. The zero-order chi connectivity index (χ0) is 18.6. The van der Waals surface area contributed by atoms with E-state index in [2.05, 4.69) is 51.1 Å². The van der Waals surface area contributed by atoms with Gasteiger partial charge in [0.2, 0.25) is 23.4 Å². The molecule has 3 rings (SSSR count). The van der Waals surface area contributed by atoms with E-state index in [4.69, 9.17) is 4.52 Å². The van der Waals surface area contributed by atoms with Crippen molar-refractivity contribution in [2.24, 2.45) is 0 Å². The Balaban J connectivity index is 1.43. The molecule has 0 spiro atoms. The van der Waals surface area contributed by atoms with Crippen molar-refractivity contribution in [3.05, 3.63) is 24.4 Å². The quantitative estimate of drug-likeness (QED) is 0.871. The normalized spacial score (nSPS) is 16.6. The molecule has 1 aliphatic heterocycles. The maximum absolute atomic E-state index is 12.2. The van der Waals surface area contributed by atoms with E-state index >= 15 is 0 Å². The summed E-state index contributed by atoms with van der Waals surface area (Å²) in [5.74, 6) is 1.20. The minimum Gasteiger partial charge on any atom is -0.353 e. The van der Waals surface area contributed by atoms with E-state index in [1.807, 2.05) is 0 Å². The van der Waals surface area contributed by atoms with Gasteiger partial charge in [-0.05, 0) is 39.7 Å². The molecule has 1 amide bonds. The fourth-order valence-corrected chi connectivity index (χ4v) is 3.08. The number of likely N-dealkylation sites (tertiary alicyclic amines) is 1. The van der Waals surface area contributed by atoms with Gasteiger partial charge in [-0.15, -0.1) is 0 Å². The van der Waals surface area contributed by atoms with E-state index in [9.17, 15) is 4.79 Å². The molecule has 140 valence electrons. The molecular formula is C18H26N6O2. The lowest BCUT2D eigenvalue weighted by Gasteiger charge is -2.41. The predicted molar refractivity (Wildman–Crippen MR) is 96.1 cm³/mol. The molecule has 1 N–H and O–H groups in total. The van der Waals surface area contributed by atoms with Crippen LogP contribution in [0.15, 0.2) is 23.0 Å². The monoisotopic (exact) mass is 358 g/mol. The largest absolute Gasteiger partial charge is 0.353 e. The number of rotatable bonds is 5. The molecule has 1 saturated heterocycles. The summed E-state index contributed by atoms with van der Waals surface area (Å²) in [6.45, 7) is 8.71. The van der Waals surface area contributed by atoms with Gasteiger partial charge in [0.1, 0.15) is 0 Å². The van der Waals surface area contributed by atoms with E-state index in [1.54, 1.807) is 18.5 Å². The van der Waals surface area contributed by atoms with Gasteiger partial charge < -0.3 is 9.84 Å². The lowest BCUT2D eigenvalue weighted by Crippen LogP contribution is -2.50. The van der Waals surface area contributed by atoms with Crippen LogP contribution < -0.4 is 5.32 Å². The van der Waals surface area contributed by atoms with Gasteiger partial charge in [0.25, 0.3) is 0 Å². The Morgan fingerprint density at radius 3 is 2.58 bits per heavy atom. The number of hydrogen-bond acceptors (Lipinski definition) is 7. The highest BCUT2D eigenvalue weighted by molar-refractivity contribution is 5.76. The SMILES string of the molecule is CC(C)(C)N1CCC(NC(=O)CCc2nc(-c3ncccn3)no2)CC1. The summed E-state index contributed by atoms with van der Waals surface area (Å²) in [5.41, 5.74) is 0.188. The molecule has 1 fully saturated rings. The third-order valence-corrected chi connectivity index (χ3v) is 4.61. The molecule has 2 aromatic heterocycles. The third kappa shape index (κ3) is 4.85. The number of carbonyl (C=O) groups excluding carboxylic acids is 1. The number of aryl methyl sites for hydroxylation is 1. The van der Waals surface area contributed by atoms with Crippen LogP contribution in [0.5, 0.6) is 0 Å². The highest BCUT2D eigenvalue weighted by Gasteiger charge is 2.27. The van der Waals surface area contributed by atoms with Crippen molar-refractivity contribution in [1.29, 1.82) is 0 Å². The average Bonchev–Trinajstić information content (AvgIpc) is 3.09. The van der Waals surface area contributed by atoms with E-state index in [-0.39, 0.29) is 17.5 Å². The first-order chi connectivity index (χ1) is 12.4. The van der Waals surface area contributed by atoms with Crippen LogP contribution in [0.1, 0.15) is 45.9 Å². The van der Waals surface area contributed by atoms with Gasteiger partial charge in [0.05, 0.1) is 0 Å². The highest BCUT2D eigenvalue weighted by atomic mass is 16.5. The van der Waals surface area contributed by atoms with Crippen molar-refractivity contribution in [2.45, 2.75) is 58.0 Å².